The predicted molar refractivity (Wildman–Crippen MR) is 82.7 cm³/mol. The number of hydrogen-bond acceptors (Lipinski definition) is 4. The van der Waals surface area contributed by atoms with Crippen LogP contribution in [0.3, 0.4) is 0 Å². The number of likely N-dealkylation sites (N-methyl/N-ethyl adjacent to an activating group) is 1. The fourth-order valence-corrected chi connectivity index (χ4v) is 2.67. The van der Waals surface area contributed by atoms with Gasteiger partial charge < -0.3 is 14.6 Å². The minimum Gasteiger partial charge on any atom is -0.472 e. The van der Waals surface area contributed by atoms with Gasteiger partial charge in [0, 0.05) is 12.1 Å². The molecule has 1 N–H and O–H groups in total. The summed E-state index contributed by atoms with van der Waals surface area (Å²) in [6, 6.07) is 2.07. The van der Waals surface area contributed by atoms with E-state index in [1.807, 2.05) is 16.9 Å². The summed E-state index contributed by atoms with van der Waals surface area (Å²) >= 11 is 3.61. The molecule has 1 atom stereocenters. The van der Waals surface area contributed by atoms with Crippen molar-refractivity contribution in [3.63, 3.8) is 0 Å². The maximum absolute atomic E-state index is 5.22. The number of nitrogens with zero attached hydrogens (tertiary/aromatic N) is 3. The summed E-state index contributed by atoms with van der Waals surface area (Å²) in [5, 5.41) is 7.97. The molecule has 0 radical (unpaired) electrons. The zero-order valence-corrected chi connectivity index (χ0v) is 13.7. The van der Waals surface area contributed by atoms with E-state index in [9.17, 15) is 0 Å². The van der Waals surface area contributed by atoms with Gasteiger partial charge in [0.1, 0.15) is 0 Å². The van der Waals surface area contributed by atoms with Crippen molar-refractivity contribution in [2.45, 2.75) is 19.5 Å². The van der Waals surface area contributed by atoms with Crippen molar-refractivity contribution in [3.8, 4) is 0 Å². The molecule has 0 aliphatic rings. The zero-order valence-electron chi connectivity index (χ0n) is 12.1. The van der Waals surface area contributed by atoms with Crippen LogP contribution in [0.1, 0.15) is 24.2 Å². The third-order valence-electron chi connectivity index (χ3n) is 3.15. The molecule has 6 heteroatoms. The highest BCUT2D eigenvalue weighted by atomic mass is 79.9. The molecule has 5 nitrogen and oxygen atoms in total. The quantitative estimate of drug-likeness (QED) is 0.841. The molecule has 0 bridgehead atoms. The molecule has 0 amide bonds. The monoisotopic (exact) mass is 340 g/mol. The Morgan fingerprint density at radius 1 is 1.50 bits per heavy atom. The van der Waals surface area contributed by atoms with Gasteiger partial charge in [0.25, 0.3) is 0 Å². The molecule has 0 aliphatic heterocycles. The average molecular weight is 341 g/mol. The maximum atomic E-state index is 5.22. The summed E-state index contributed by atoms with van der Waals surface area (Å²) in [6.45, 7) is 4.78. The maximum Gasteiger partial charge on any atom is 0.0954 e. The first kappa shape index (κ1) is 15.3. The highest BCUT2D eigenvalue weighted by molar-refractivity contribution is 9.10. The van der Waals surface area contributed by atoms with E-state index in [2.05, 4.69) is 52.3 Å². The van der Waals surface area contributed by atoms with Crippen molar-refractivity contribution >= 4 is 15.9 Å². The van der Waals surface area contributed by atoms with E-state index in [4.69, 9.17) is 4.42 Å². The van der Waals surface area contributed by atoms with E-state index in [0.717, 1.165) is 35.4 Å². The van der Waals surface area contributed by atoms with Crippen molar-refractivity contribution in [1.82, 2.24) is 20.0 Å². The third kappa shape index (κ3) is 3.50. The van der Waals surface area contributed by atoms with E-state index < -0.39 is 0 Å². The summed E-state index contributed by atoms with van der Waals surface area (Å²) in [7, 11) is 4.13. The van der Waals surface area contributed by atoms with Gasteiger partial charge >= 0.3 is 0 Å². The Kier molecular flexibility index (Phi) is 5.39. The number of halogens is 1. The highest BCUT2D eigenvalue weighted by Gasteiger charge is 2.22. The van der Waals surface area contributed by atoms with Crippen LogP contribution in [0.15, 0.2) is 33.7 Å². The van der Waals surface area contributed by atoms with Gasteiger partial charge in [0.2, 0.25) is 0 Å². The van der Waals surface area contributed by atoms with Crippen molar-refractivity contribution < 1.29 is 4.42 Å². The number of rotatable bonds is 7. The molecule has 2 rings (SSSR count). The fraction of sp³-hybridized carbons (Fsp3) is 0.500. The molecular weight excluding hydrogens is 320 g/mol. The Labute approximate surface area is 128 Å². The minimum atomic E-state index is 0.0813. The molecule has 0 saturated heterocycles. The summed E-state index contributed by atoms with van der Waals surface area (Å²) in [4.78, 5) is 2.15. The summed E-state index contributed by atoms with van der Waals surface area (Å²) < 4.78 is 8.29. The Bertz CT molecular complexity index is 521. The first-order valence-corrected chi connectivity index (χ1v) is 7.54. The molecular formula is C14H21BrN4O. The molecule has 0 saturated carbocycles. The smallest absolute Gasteiger partial charge is 0.0954 e. The molecule has 0 fully saturated rings. The molecule has 0 aromatic carbocycles. The van der Waals surface area contributed by atoms with E-state index in [0.29, 0.717) is 0 Å². The summed E-state index contributed by atoms with van der Waals surface area (Å²) in [5.74, 6) is 0. The Hall–Kier alpha value is -1.11. The second kappa shape index (κ2) is 7.06. The van der Waals surface area contributed by atoms with Crippen LogP contribution < -0.4 is 5.32 Å². The van der Waals surface area contributed by atoms with Gasteiger partial charge in [-0.2, -0.15) is 5.10 Å². The van der Waals surface area contributed by atoms with Crippen LogP contribution in [0.4, 0.5) is 0 Å². The Morgan fingerprint density at radius 3 is 2.90 bits per heavy atom. The van der Waals surface area contributed by atoms with Crippen molar-refractivity contribution in [2.75, 3.05) is 27.2 Å². The zero-order chi connectivity index (χ0) is 14.5. The van der Waals surface area contributed by atoms with Crippen LogP contribution in [0.2, 0.25) is 0 Å². The average Bonchev–Trinajstić information content (AvgIpc) is 3.04. The molecule has 110 valence electrons. The van der Waals surface area contributed by atoms with Crippen LogP contribution in [-0.4, -0.2) is 41.9 Å². The lowest BCUT2D eigenvalue weighted by Crippen LogP contribution is -2.27. The van der Waals surface area contributed by atoms with E-state index in [1.54, 1.807) is 12.5 Å². The summed E-state index contributed by atoms with van der Waals surface area (Å²) in [6.07, 6.45) is 5.34. The lowest BCUT2D eigenvalue weighted by atomic mass is 10.1. The molecule has 1 unspecified atom stereocenters. The van der Waals surface area contributed by atoms with Crippen LogP contribution >= 0.6 is 15.9 Å². The second-order valence-electron chi connectivity index (χ2n) is 4.95. The van der Waals surface area contributed by atoms with E-state index in [-0.39, 0.29) is 6.04 Å². The molecule has 0 aliphatic carbocycles. The first-order valence-electron chi connectivity index (χ1n) is 6.75. The molecule has 2 heterocycles. The van der Waals surface area contributed by atoms with Gasteiger partial charge in [-0.1, -0.05) is 6.92 Å². The van der Waals surface area contributed by atoms with Crippen molar-refractivity contribution in [1.29, 1.82) is 0 Å². The number of nitrogens with one attached hydrogen (secondary N) is 1. The number of furan rings is 1. The molecule has 20 heavy (non-hydrogen) atoms. The fourth-order valence-electron chi connectivity index (χ4n) is 2.15. The van der Waals surface area contributed by atoms with Crippen LogP contribution in [-0.2, 0) is 6.54 Å². The van der Waals surface area contributed by atoms with Crippen molar-refractivity contribution in [3.05, 3.63) is 40.5 Å². The van der Waals surface area contributed by atoms with Gasteiger partial charge in [-0.05, 0) is 42.6 Å². The third-order valence-corrected chi connectivity index (χ3v) is 3.76. The van der Waals surface area contributed by atoms with Crippen LogP contribution in [0, 0.1) is 0 Å². The van der Waals surface area contributed by atoms with Crippen LogP contribution in [0.5, 0.6) is 0 Å². The van der Waals surface area contributed by atoms with Crippen LogP contribution in [0.25, 0.3) is 0 Å². The first-order chi connectivity index (χ1) is 9.63. The molecule has 0 spiro atoms. The minimum absolute atomic E-state index is 0.0813. The molecule has 2 aromatic rings. The Morgan fingerprint density at radius 2 is 2.30 bits per heavy atom. The SMILES string of the molecule is CCNC(c1ccoc1)c1c(Br)cnn1CCN(C)C. The van der Waals surface area contributed by atoms with Gasteiger partial charge in [-0.25, -0.2) is 0 Å². The highest BCUT2D eigenvalue weighted by Crippen LogP contribution is 2.28. The summed E-state index contributed by atoms with van der Waals surface area (Å²) in [5.41, 5.74) is 2.24. The predicted octanol–water partition coefficient (Wildman–Crippen LogP) is 2.50. The van der Waals surface area contributed by atoms with Gasteiger partial charge in [0.05, 0.1) is 41.5 Å². The second-order valence-corrected chi connectivity index (χ2v) is 5.81. The van der Waals surface area contributed by atoms with Crippen molar-refractivity contribution in [2.24, 2.45) is 0 Å². The Balaban J connectivity index is 2.30. The lowest BCUT2D eigenvalue weighted by molar-refractivity contribution is 0.365. The lowest BCUT2D eigenvalue weighted by Gasteiger charge is -2.20. The van der Waals surface area contributed by atoms with Gasteiger partial charge in [-0.3, -0.25) is 4.68 Å². The number of aromatic nitrogens is 2. The number of hydrogen-bond donors (Lipinski definition) is 1. The van der Waals surface area contributed by atoms with E-state index >= 15 is 0 Å². The normalized spacial score (nSPS) is 13.1. The topological polar surface area (TPSA) is 46.2 Å². The van der Waals surface area contributed by atoms with Gasteiger partial charge in [-0.15, -0.1) is 0 Å². The standard InChI is InChI=1S/C14H21BrN4O/c1-4-16-13(11-5-8-20-10-11)14-12(15)9-17-19(14)7-6-18(2)3/h5,8-10,13,16H,4,6-7H2,1-3H3. The molecule has 2 aromatic heterocycles. The van der Waals surface area contributed by atoms with E-state index in [1.165, 1.54) is 0 Å². The van der Waals surface area contributed by atoms with Gasteiger partial charge in [0.15, 0.2) is 0 Å². The largest absolute Gasteiger partial charge is 0.472 e.